The number of hydrogen-bond donors (Lipinski definition) is 1. The Kier molecular flexibility index (Phi) is 4.90. The first-order chi connectivity index (χ1) is 13.2. The molecule has 1 aliphatic rings. The van der Waals surface area contributed by atoms with E-state index < -0.39 is 6.10 Å². The Hall–Kier alpha value is -2.72. The maximum absolute atomic E-state index is 12.8. The summed E-state index contributed by atoms with van der Waals surface area (Å²) in [6.45, 7) is 3.03. The molecule has 2 heterocycles. The molecule has 4 nitrogen and oxygen atoms in total. The van der Waals surface area contributed by atoms with E-state index in [1.165, 1.54) is 10.8 Å². The summed E-state index contributed by atoms with van der Waals surface area (Å²) in [7, 11) is 0. The number of nitrogens with zero attached hydrogens (tertiary/aromatic N) is 2. The maximum Gasteiger partial charge on any atom is 0.254 e. The van der Waals surface area contributed by atoms with Gasteiger partial charge in [-0.3, -0.25) is 9.78 Å². The lowest BCUT2D eigenvalue weighted by atomic mass is 9.86. The van der Waals surface area contributed by atoms with Crippen molar-refractivity contribution in [2.24, 2.45) is 0 Å². The van der Waals surface area contributed by atoms with Gasteiger partial charge in [0.25, 0.3) is 5.91 Å². The number of likely N-dealkylation sites (tertiary alicyclic amines) is 1. The van der Waals surface area contributed by atoms with Crippen LogP contribution in [0.4, 0.5) is 0 Å². The Bertz CT molecular complexity index is 969. The molecule has 4 heteroatoms. The van der Waals surface area contributed by atoms with Gasteiger partial charge in [0.2, 0.25) is 0 Å². The number of aromatic nitrogens is 1. The zero-order valence-electron chi connectivity index (χ0n) is 15.5. The van der Waals surface area contributed by atoms with Crippen LogP contribution >= 0.6 is 0 Å². The lowest BCUT2D eigenvalue weighted by Crippen LogP contribution is -2.45. The van der Waals surface area contributed by atoms with Gasteiger partial charge in [0.05, 0.1) is 6.10 Å². The SMILES string of the molecule is CCc1cc(C(=O)N2CC[C@H](c3ccc4ccccc4c3)[C@@H](O)C2)ccn1. The summed E-state index contributed by atoms with van der Waals surface area (Å²) in [6, 6.07) is 18.2. The van der Waals surface area contributed by atoms with E-state index in [1.807, 2.05) is 25.1 Å². The molecule has 1 aromatic heterocycles. The number of carbonyl (C=O) groups is 1. The minimum absolute atomic E-state index is 0.0249. The molecule has 2 aromatic carbocycles. The summed E-state index contributed by atoms with van der Waals surface area (Å²) < 4.78 is 0. The molecule has 1 saturated heterocycles. The lowest BCUT2D eigenvalue weighted by Gasteiger charge is -2.36. The van der Waals surface area contributed by atoms with Crippen molar-refractivity contribution in [3.05, 3.63) is 77.6 Å². The summed E-state index contributed by atoms with van der Waals surface area (Å²) in [5.41, 5.74) is 2.70. The second kappa shape index (κ2) is 7.49. The predicted octanol–water partition coefficient (Wildman–Crippen LogP) is 3.79. The number of carbonyl (C=O) groups excluding carboxylic acids is 1. The third-order valence-electron chi connectivity index (χ3n) is 5.50. The van der Waals surface area contributed by atoms with Crippen molar-refractivity contribution < 1.29 is 9.90 Å². The number of piperidine rings is 1. The molecule has 0 unspecified atom stereocenters. The van der Waals surface area contributed by atoms with Crippen LogP contribution in [-0.4, -0.2) is 40.1 Å². The van der Waals surface area contributed by atoms with E-state index in [4.69, 9.17) is 0 Å². The van der Waals surface area contributed by atoms with Crippen LogP contribution in [-0.2, 0) is 6.42 Å². The predicted molar refractivity (Wildman–Crippen MR) is 107 cm³/mol. The van der Waals surface area contributed by atoms with E-state index in [0.29, 0.717) is 18.7 Å². The maximum atomic E-state index is 12.8. The van der Waals surface area contributed by atoms with Crippen molar-refractivity contribution in [1.82, 2.24) is 9.88 Å². The molecule has 3 aromatic rings. The first kappa shape index (κ1) is 17.7. The van der Waals surface area contributed by atoms with E-state index in [2.05, 4.69) is 35.3 Å². The number of pyridine rings is 1. The van der Waals surface area contributed by atoms with Crippen LogP contribution in [0.1, 0.15) is 40.9 Å². The molecular formula is C23H24N2O2. The Balaban J connectivity index is 1.50. The number of rotatable bonds is 3. The van der Waals surface area contributed by atoms with Crippen LogP contribution in [0.2, 0.25) is 0 Å². The third-order valence-corrected chi connectivity index (χ3v) is 5.50. The van der Waals surface area contributed by atoms with Gasteiger partial charge < -0.3 is 10.0 Å². The summed E-state index contributed by atoms with van der Waals surface area (Å²) in [6.07, 6.45) is 2.69. The lowest BCUT2D eigenvalue weighted by molar-refractivity contribution is 0.0382. The minimum Gasteiger partial charge on any atom is -0.391 e. The van der Waals surface area contributed by atoms with Crippen LogP contribution in [0.15, 0.2) is 60.8 Å². The van der Waals surface area contributed by atoms with Gasteiger partial charge in [-0.15, -0.1) is 0 Å². The van der Waals surface area contributed by atoms with Gasteiger partial charge >= 0.3 is 0 Å². The quantitative estimate of drug-likeness (QED) is 0.773. The summed E-state index contributed by atoms with van der Waals surface area (Å²) in [4.78, 5) is 18.8. The molecule has 1 N–H and O–H groups in total. The highest BCUT2D eigenvalue weighted by Gasteiger charge is 2.31. The highest BCUT2D eigenvalue weighted by atomic mass is 16.3. The number of fused-ring (bicyclic) bond motifs is 1. The third kappa shape index (κ3) is 3.58. The zero-order valence-corrected chi connectivity index (χ0v) is 15.5. The molecule has 2 atom stereocenters. The average molecular weight is 360 g/mol. The summed E-state index contributed by atoms with van der Waals surface area (Å²) in [5, 5.41) is 13.1. The molecule has 27 heavy (non-hydrogen) atoms. The molecule has 0 radical (unpaired) electrons. The average Bonchev–Trinajstić information content (AvgIpc) is 2.72. The van der Waals surface area contributed by atoms with Crippen molar-refractivity contribution in [1.29, 1.82) is 0 Å². The minimum atomic E-state index is -0.559. The molecule has 1 aliphatic heterocycles. The fourth-order valence-electron chi connectivity index (χ4n) is 3.93. The normalized spacial score (nSPS) is 20.0. The fourth-order valence-corrected chi connectivity index (χ4v) is 3.93. The van der Waals surface area contributed by atoms with Gasteiger partial charge in [0.15, 0.2) is 0 Å². The second-order valence-corrected chi connectivity index (χ2v) is 7.21. The summed E-state index contributed by atoms with van der Waals surface area (Å²) in [5.74, 6) is 0.0328. The number of benzene rings is 2. The van der Waals surface area contributed by atoms with Crippen LogP contribution in [0.3, 0.4) is 0 Å². The number of hydrogen-bond acceptors (Lipinski definition) is 3. The van der Waals surface area contributed by atoms with Gasteiger partial charge in [0.1, 0.15) is 0 Å². The van der Waals surface area contributed by atoms with Crippen molar-refractivity contribution in [3.63, 3.8) is 0 Å². The van der Waals surface area contributed by atoms with Gasteiger partial charge in [-0.25, -0.2) is 0 Å². The van der Waals surface area contributed by atoms with Gasteiger partial charge in [-0.1, -0.05) is 49.4 Å². The monoisotopic (exact) mass is 360 g/mol. The van der Waals surface area contributed by atoms with Crippen molar-refractivity contribution >= 4 is 16.7 Å². The molecule has 4 rings (SSSR count). The first-order valence-corrected chi connectivity index (χ1v) is 9.56. The Morgan fingerprint density at radius 3 is 2.74 bits per heavy atom. The van der Waals surface area contributed by atoms with Gasteiger partial charge in [-0.05, 0) is 41.3 Å². The van der Waals surface area contributed by atoms with Crippen LogP contribution in [0.25, 0.3) is 10.8 Å². The van der Waals surface area contributed by atoms with E-state index in [9.17, 15) is 9.90 Å². The number of aliphatic hydroxyl groups excluding tert-OH is 1. The molecule has 0 bridgehead atoms. The van der Waals surface area contributed by atoms with Crippen molar-refractivity contribution in [2.75, 3.05) is 13.1 Å². The Labute approximate surface area is 159 Å². The molecule has 1 amide bonds. The van der Waals surface area contributed by atoms with E-state index >= 15 is 0 Å². The molecule has 0 aliphatic carbocycles. The molecule has 0 saturated carbocycles. The highest BCUT2D eigenvalue weighted by Crippen LogP contribution is 2.31. The molecule has 138 valence electrons. The second-order valence-electron chi connectivity index (χ2n) is 7.21. The highest BCUT2D eigenvalue weighted by molar-refractivity contribution is 5.94. The number of aliphatic hydroxyl groups is 1. The standard InChI is InChI=1S/C23H24N2O2/c1-2-20-14-19(9-11-24-20)23(27)25-12-10-21(22(26)15-25)18-8-7-16-5-3-4-6-17(16)13-18/h3-9,11,13-14,21-22,26H,2,10,12,15H2,1H3/t21-,22+/m1/s1. The topological polar surface area (TPSA) is 53.4 Å². The Morgan fingerprint density at radius 1 is 1.15 bits per heavy atom. The van der Waals surface area contributed by atoms with Gasteiger partial charge in [0, 0.05) is 36.5 Å². The van der Waals surface area contributed by atoms with E-state index in [0.717, 1.165) is 24.1 Å². The zero-order chi connectivity index (χ0) is 18.8. The van der Waals surface area contributed by atoms with Crippen molar-refractivity contribution in [3.8, 4) is 0 Å². The smallest absolute Gasteiger partial charge is 0.254 e. The van der Waals surface area contributed by atoms with E-state index in [-0.39, 0.29) is 11.8 Å². The van der Waals surface area contributed by atoms with E-state index in [1.54, 1.807) is 17.2 Å². The fraction of sp³-hybridized carbons (Fsp3) is 0.304. The molecule has 1 fully saturated rings. The summed E-state index contributed by atoms with van der Waals surface area (Å²) >= 11 is 0. The van der Waals surface area contributed by atoms with Gasteiger partial charge in [-0.2, -0.15) is 0 Å². The number of β-amino-alcohol motifs (C(OH)–C–C–N with tert-alkyl or cyclic N) is 1. The molecule has 0 spiro atoms. The number of aryl methyl sites for hydroxylation is 1. The number of amides is 1. The molecular weight excluding hydrogens is 336 g/mol. The van der Waals surface area contributed by atoms with Crippen LogP contribution in [0.5, 0.6) is 0 Å². The largest absolute Gasteiger partial charge is 0.391 e. The van der Waals surface area contributed by atoms with Crippen LogP contribution < -0.4 is 0 Å². The van der Waals surface area contributed by atoms with Crippen molar-refractivity contribution in [2.45, 2.75) is 31.8 Å². The Morgan fingerprint density at radius 2 is 1.96 bits per heavy atom. The van der Waals surface area contributed by atoms with Crippen LogP contribution in [0, 0.1) is 0 Å². The first-order valence-electron chi connectivity index (χ1n) is 9.56.